The summed E-state index contributed by atoms with van der Waals surface area (Å²) in [5.41, 5.74) is 1.26. The Hall–Kier alpha value is -2.60. The molecular weight excluding hydrogens is 328 g/mol. The molecule has 3 heterocycles. The van der Waals surface area contributed by atoms with Crippen molar-refractivity contribution in [2.24, 2.45) is 5.92 Å². The van der Waals surface area contributed by atoms with Gasteiger partial charge in [0, 0.05) is 25.0 Å². The first-order valence-electron chi connectivity index (χ1n) is 9.05. The van der Waals surface area contributed by atoms with Gasteiger partial charge in [-0.2, -0.15) is 0 Å². The number of imidazole rings is 1. The van der Waals surface area contributed by atoms with Gasteiger partial charge >= 0.3 is 0 Å². The second kappa shape index (κ2) is 6.96. The molecule has 0 radical (unpaired) electrons. The summed E-state index contributed by atoms with van der Waals surface area (Å²) >= 11 is 0. The van der Waals surface area contributed by atoms with Gasteiger partial charge in [0.2, 0.25) is 0 Å². The molecule has 1 aliphatic heterocycles. The summed E-state index contributed by atoms with van der Waals surface area (Å²) in [4.78, 5) is 22.5. The third kappa shape index (κ3) is 3.24. The van der Waals surface area contributed by atoms with Gasteiger partial charge < -0.3 is 19.2 Å². The van der Waals surface area contributed by atoms with Crippen LogP contribution in [0.2, 0.25) is 0 Å². The molecule has 0 bridgehead atoms. The molecule has 0 unspecified atom stereocenters. The van der Waals surface area contributed by atoms with Gasteiger partial charge in [-0.15, -0.1) is 0 Å². The average molecular weight is 352 g/mol. The minimum atomic E-state index is -0.124. The van der Waals surface area contributed by atoms with Gasteiger partial charge in [-0.05, 0) is 62.5 Å². The number of methoxy groups -OCH3 is 1. The number of fused-ring (bicyclic) bond motifs is 1. The lowest BCUT2D eigenvalue weighted by molar-refractivity contribution is 0.205. The molecule has 6 nitrogen and oxygen atoms in total. The zero-order valence-corrected chi connectivity index (χ0v) is 15.2. The highest BCUT2D eigenvalue weighted by Crippen LogP contribution is 2.24. The van der Waals surface area contributed by atoms with Crippen LogP contribution in [-0.4, -0.2) is 46.7 Å². The zero-order valence-electron chi connectivity index (χ0n) is 15.2. The highest BCUT2D eigenvalue weighted by atomic mass is 16.5. The highest BCUT2D eigenvalue weighted by Gasteiger charge is 2.19. The molecule has 0 amide bonds. The standard InChI is InChI=1S/C20H24N4O2/c1-23-8-5-14(6-9-23)13-24-10-7-21-19(24)17-11-15-3-4-16(26-2)12-18(15)22-20(17)25/h3-4,7,10-12,14H,5-6,8-9,13H2,1-2H3,(H,22,25). The monoisotopic (exact) mass is 352 g/mol. The van der Waals surface area contributed by atoms with Crippen molar-refractivity contribution in [2.45, 2.75) is 19.4 Å². The Labute approximate surface area is 152 Å². The van der Waals surface area contributed by atoms with Crippen molar-refractivity contribution in [2.75, 3.05) is 27.2 Å². The number of rotatable bonds is 4. The number of H-pyrrole nitrogens is 1. The average Bonchev–Trinajstić information content (AvgIpc) is 3.10. The van der Waals surface area contributed by atoms with Crippen LogP contribution < -0.4 is 10.3 Å². The Balaban J connectivity index is 1.67. The molecule has 1 aromatic carbocycles. The number of ether oxygens (including phenoxy) is 1. The molecule has 0 aliphatic carbocycles. The SMILES string of the molecule is COc1ccc2cc(-c3nccn3CC3CCN(C)CC3)c(=O)[nH]c2c1. The molecule has 0 saturated carbocycles. The number of benzene rings is 1. The van der Waals surface area contributed by atoms with E-state index < -0.39 is 0 Å². The van der Waals surface area contributed by atoms with Gasteiger partial charge in [-0.25, -0.2) is 4.98 Å². The van der Waals surface area contributed by atoms with E-state index >= 15 is 0 Å². The molecule has 1 fully saturated rings. The quantitative estimate of drug-likeness (QED) is 0.784. The smallest absolute Gasteiger partial charge is 0.259 e. The molecular formula is C20H24N4O2. The number of aromatic nitrogens is 3. The first-order chi connectivity index (χ1) is 12.6. The predicted molar refractivity (Wildman–Crippen MR) is 103 cm³/mol. The molecule has 6 heteroatoms. The minimum Gasteiger partial charge on any atom is -0.497 e. The molecule has 136 valence electrons. The lowest BCUT2D eigenvalue weighted by Gasteiger charge is -2.29. The fraction of sp³-hybridized carbons (Fsp3) is 0.400. The van der Waals surface area contributed by atoms with E-state index in [4.69, 9.17) is 4.74 Å². The first kappa shape index (κ1) is 16.8. The van der Waals surface area contributed by atoms with Crippen molar-refractivity contribution in [1.29, 1.82) is 0 Å². The molecule has 1 aliphatic rings. The number of hydrogen-bond acceptors (Lipinski definition) is 4. The van der Waals surface area contributed by atoms with Crippen LogP contribution in [0.3, 0.4) is 0 Å². The maximum absolute atomic E-state index is 12.7. The summed E-state index contributed by atoms with van der Waals surface area (Å²) in [5, 5.41) is 0.967. The van der Waals surface area contributed by atoms with E-state index in [0.29, 0.717) is 11.5 Å². The summed E-state index contributed by atoms with van der Waals surface area (Å²) in [5.74, 6) is 2.09. The summed E-state index contributed by atoms with van der Waals surface area (Å²) in [6.45, 7) is 3.17. The van der Waals surface area contributed by atoms with E-state index in [1.165, 1.54) is 12.8 Å². The second-order valence-corrected chi connectivity index (χ2v) is 7.12. The fourth-order valence-electron chi connectivity index (χ4n) is 3.70. The van der Waals surface area contributed by atoms with Gasteiger partial charge in [-0.1, -0.05) is 0 Å². The van der Waals surface area contributed by atoms with Crippen molar-refractivity contribution in [3.05, 3.63) is 47.0 Å². The van der Waals surface area contributed by atoms with Crippen LogP contribution in [0.4, 0.5) is 0 Å². The Morgan fingerprint density at radius 1 is 1.27 bits per heavy atom. The van der Waals surface area contributed by atoms with Crippen LogP contribution in [0.1, 0.15) is 12.8 Å². The Kier molecular flexibility index (Phi) is 4.51. The van der Waals surface area contributed by atoms with Gasteiger partial charge in [0.1, 0.15) is 11.6 Å². The lowest BCUT2D eigenvalue weighted by Crippen LogP contribution is -2.32. The number of likely N-dealkylation sites (tertiary alicyclic amines) is 1. The molecule has 3 aromatic rings. The number of piperidine rings is 1. The number of nitrogens with one attached hydrogen (secondary N) is 1. The van der Waals surface area contributed by atoms with Crippen LogP contribution in [0.15, 0.2) is 41.5 Å². The van der Waals surface area contributed by atoms with Gasteiger partial charge in [0.05, 0.1) is 18.2 Å². The fourth-order valence-corrected chi connectivity index (χ4v) is 3.70. The largest absolute Gasteiger partial charge is 0.497 e. The third-order valence-corrected chi connectivity index (χ3v) is 5.30. The van der Waals surface area contributed by atoms with Crippen LogP contribution in [-0.2, 0) is 6.54 Å². The molecule has 26 heavy (non-hydrogen) atoms. The van der Waals surface area contributed by atoms with Crippen molar-refractivity contribution in [3.63, 3.8) is 0 Å². The van der Waals surface area contributed by atoms with Gasteiger partial charge in [0.25, 0.3) is 5.56 Å². The maximum atomic E-state index is 12.7. The van der Waals surface area contributed by atoms with Gasteiger partial charge in [0.15, 0.2) is 0 Å². The molecule has 1 saturated heterocycles. The van der Waals surface area contributed by atoms with Crippen molar-refractivity contribution in [3.8, 4) is 17.1 Å². The highest BCUT2D eigenvalue weighted by molar-refractivity contribution is 5.83. The Bertz CT molecular complexity index is 967. The van der Waals surface area contributed by atoms with Crippen molar-refractivity contribution in [1.82, 2.24) is 19.4 Å². The van der Waals surface area contributed by atoms with Crippen LogP contribution >= 0.6 is 0 Å². The summed E-state index contributed by atoms with van der Waals surface area (Å²) in [6, 6.07) is 7.61. The van der Waals surface area contributed by atoms with Crippen molar-refractivity contribution >= 4 is 10.9 Å². The molecule has 4 rings (SSSR count). The molecule has 0 spiro atoms. The zero-order chi connectivity index (χ0) is 18.1. The van der Waals surface area contributed by atoms with E-state index in [0.717, 1.165) is 42.1 Å². The first-order valence-corrected chi connectivity index (χ1v) is 9.05. The topological polar surface area (TPSA) is 63.1 Å². The summed E-state index contributed by atoms with van der Waals surface area (Å²) < 4.78 is 7.35. The van der Waals surface area contributed by atoms with Crippen molar-refractivity contribution < 1.29 is 4.74 Å². The Morgan fingerprint density at radius 3 is 2.85 bits per heavy atom. The minimum absolute atomic E-state index is 0.124. The van der Waals surface area contributed by atoms with Crippen LogP contribution in [0.5, 0.6) is 5.75 Å². The third-order valence-electron chi connectivity index (χ3n) is 5.30. The van der Waals surface area contributed by atoms with E-state index in [1.54, 1.807) is 13.3 Å². The number of pyridine rings is 1. The van der Waals surface area contributed by atoms with E-state index in [-0.39, 0.29) is 5.56 Å². The maximum Gasteiger partial charge on any atom is 0.259 e. The van der Waals surface area contributed by atoms with Crippen LogP contribution in [0, 0.1) is 5.92 Å². The van der Waals surface area contributed by atoms with Crippen LogP contribution in [0.25, 0.3) is 22.3 Å². The normalized spacial score (nSPS) is 16.2. The summed E-state index contributed by atoms with van der Waals surface area (Å²) in [7, 11) is 3.79. The van der Waals surface area contributed by atoms with Gasteiger partial charge in [-0.3, -0.25) is 4.79 Å². The lowest BCUT2D eigenvalue weighted by atomic mass is 9.97. The summed E-state index contributed by atoms with van der Waals surface area (Å²) in [6.07, 6.45) is 6.12. The molecule has 2 aromatic heterocycles. The number of hydrogen-bond donors (Lipinski definition) is 1. The van der Waals surface area contributed by atoms with E-state index in [2.05, 4.69) is 26.5 Å². The second-order valence-electron chi connectivity index (χ2n) is 7.12. The number of nitrogens with zero attached hydrogens (tertiary/aromatic N) is 3. The molecule has 0 atom stereocenters. The Morgan fingerprint density at radius 2 is 2.08 bits per heavy atom. The van der Waals surface area contributed by atoms with E-state index in [1.807, 2.05) is 30.5 Å². The molecule has 1 N–H and O–H groups in total. The predicted octanol–water partition coefficient (Wildman–Crippen LogP) is 2.74. The van der Waals surface area contributed by atoms with E-state index in [9.17, 15) is 4.79 Å². The number of aromatic amines is 1.